The fraction of sp³-hybridized carbons (Fsp3) is 0.500. The molecule has 5 heteroatoms. The third-order valence-electron chi connectivity index (χ3n) is 2.23. The molecule has 0 unspecified atom stereocenters. The minimum atomic E-state index is -4.34. The van der Waals surface area contributed by atoms with Gasteiger partial charge in [0, 0.05) is 6.61 Å². The topological polar surface area (TPSA) is 29.5 Å². The molecule has 1 aromatic carbocycles. The average molecular weight is 248 g/mol. The molecule has 0 aliphatic carbocycles. The van der Waals surface area contributed by atoms with Crippen LogP contribution in [0.15, 0.2) is 24.3 Å². The van der Waals surface area contributed by atoms with Crippen LogP contribution in [0.2, 0.25) is 0 Å². The van der Waals surface area contributed by atoms with Gasteiger partial charge in [-0.05, 0) is 37.5 Å². The molecule has 0 radical (unpaired) electrons. The van der Waals surface area contributed by atoms with Gasteiger partial charge in [0.15, 0.2) is 0 Å². The summed E-state index contributed by atoms with van der Waals surface area (Å²) < 4.78 is 42.3. The van der Waals surface area contributed by atoms with Crippen LogP contribution in [0.3, 0.4) is 0 Å². The van der Waals surface area contributed by atoms with Crippen LogP contribution in [0, 0.1) is 0 Å². The number of hydrogen-bond acceptors (Lipinski definition) is 2. The van der Waals surface area contributed by atoms with Crippen LogP contribution in [0.5, 0.6) is 5.75 Å². The van der Waals surface area contributed by atoms with Gasteiger partial charge in [0.25, 0.3) is 0 Å². The predicted molar refractivity (Wildman–Crippen MR) is 57.9 cm³/mol. The van der Waals surface area contributed by atoms with Crippen molar-refractivity contribution in [3.8, 4) is 5.75 Å². The Morgan fingerprint density at radius 3 is 2.53 bits per heavy atom. The molecule has 1 aromatic rings. The normalized spacial score (nSPS) is 11.5. The molecule has 96 valence electrons. The second kappa shape index (κ2) is 6.49. The van der Waals surface area contributed by atoms with E-state index < -0.39 is 11.7 Å². The van der Waals surface area contributed by atoms with Crippen LogP contribution in [-0.2, 0) is 6.18 Å². The Morgan fingerprint density at radius 2 is 1.88 bits per heavy atom. The molecule has 17 heavy (non-hydrogen) atoms. The first-order valence-corrected chi connectivity index (χ1v) is 5.45. The van der Waals surface area contributed by atoms with E-state index in [0.29, 0.717) is 13.0 Å². The lowest BCUT2D eigenvalue weighted by molar-refractivity contribution is -0.137. The van der Waals surface area contributed by atoms with Crippen molar-refractivity contribution < 1.29 is 23.0 Å². The van der Waals surface area contributed by atoms with E-state index in [1.165, 1.54) is 12.1 Å². The molecule has 0 fully saturated rings. The highest BCUT2D eigenvalue weighted by atomic mass is 19.4. The van der Waals surface area contributed by atoms with E-state index in [9.17, 15) is 13.2 Å². The summed E-state index contributed by atoms with van der Waals surface area (Å²) in [7, 11) is 0. The number of ether oxygens (including phenoxy) is 1. The molecule has 1 rings (SSSR count). The van der Waals surface area contributed by atoms with Crippen LogP contribution in [0.4, 0.5) is 13.2 Å². The van der Waals surface area contributed by atoms with Crippen molar-refractivity contribution in [2.75, 3.05) is 13.2 Å². The van der Waals surface area contributed by atoms with Crippen molar-refractivity contribution in [1.82, 2.24) is 0 Å². The number of alkyl halides is 3. The van der Waals surface area contributed by atoms with Crippen LogP contribution >= 0.6 is 0 Å². The van der Waals surface area contributed by atoms with E-state index in [1.54, 1.807) is 0 Å². The largest absolute Gasteiger partial charge is 0.494 e. The van der Waals surface area contributed by atoms with Gasteiger partial charge in [-0.25, -0.2) is 0 Å². The molecule has 0 aromatic heterocycles. The molecule has 0 heterocycles. The molecule has 0 saturated heterocycles. The summed E-state index contributed by atoms with van der Waals surface area (Å²) in [6, 6.07) is 4.83. The van der Waals surface area contributed by atoms with Crippen molar-refractivity contribution in [3.05, 3.63) is 29.8 Å². The first kappa shape index (κ1) is 13.8. The van der Waals surface area contributed by atoms with Gasteiger partial charge in [0.05, 0.1) is 12.2 Å². The molecule has 0 atom stereocenters. The first-order valence-electron chi connectivity index (χ1n) is 5.45. The van der Waals surface area contributed by atoms with Crippen molar-refractivity contribution in [2.24, 2.45) is 0 Å². The smallest absolute Gasteiger partial charge is 0.416 e. The third kappa shape index (κ3) is 5.08. The van der Waals surface area contributed by atoms with Crippen LogP contribution in [-0.4, -0.2) is 18.3 Å². The van der Waals surface area contributed by atoms with E-state index in [0.717, 1.165) is 25.0 Å². The lowest BCUT2D eigenvalue weighted by Crippen LogP contribution is -2.05. The maximum atomic E-state index is 12.4. The Morgan fingerprint density at radius 1 is 1.12 bits per heavy atom. The number of hydrogen-bond donors (Lipinski definition) is 1. The summed E-state index contributed by atoms with van der Waals surface area (Å²) in [6.45, 7) is 0.491. The summed E-state index contributed by atoms with van der Waals surface area (Å²) in [5.74, 6) is 0.226. The SMILES string of the molecule is OCCCCCOc1cccc(C(F)(F)F)c1. The van der Waals surface area contributed by atoms with E-state index in [4.69, 9.17) is 9.84 Å². The lowest BCUT2D eigenvalue weighted by Gasteiger charge is -2.10. The van der Waals surface area contributed by atoms with Gasteiger partial charge < -0.3 is 9.84 Å². The molecule has 1 N–H and O–H groups in total. The number of rotatable bonds is 6. The predicted octanol–water partition coefficient (Wildman–Crippen LogP) is 3.25. The van der Waals surface area contributed by atoms with Crippen LogP contribution in [0.25, 0.3) is 0 Å². The van der Waals surface area contributed by atoms with Crippen LogP contribution in [0.1, 0.15) is 24.8 Å². The first-order chi connectivity index (χ1) is 8.04. The Labute approximate surface area is 98.0 Å². The second-order valence-electron chi connectivity index (χ2n) is 3.66. The van der Waals surface area contributed by atoms with E-state index in [-0.39, 0.29) is 12.4 Å². The molecule has 0 aliphatic heterocycles. The molecule has 0 amide bonds. The van der Waals surface area contributed by atoms with Crippen molar-refractivity contribution in [3.63, 3.8) is 0 Å². The fourth-order valence-corrected chi connectivity index (χ4v) is 1.34. The van der Waals surface area contributed by atoms with Gasteiger partial charge in [0.2, 0.25) is 0 Å². The van der Waals surface area contributed by atoms with Crippen molar-refractivity contribution in [1.29, 1.82) is 0 Å². The average Bonchev–Trinajstić information content (AvgIpc) is 2.28. The Bertz CT molecular complexity index is 337. The van der Waals surface area contributed by atoms with E-state index in [1.807, 2.05) is 0 Å². The zero-order chi connectivity index (χ0) is 12.7. The molecule has 0 spiro atoms. The minimum absolute atomic E-state index is 0.129. The highest BCUT2D eigenvalue weighted by Gasteiger charge is 2.30. The number of unbranched alkanes of at least 4 members (excludes halogenated alkanes) is 2. The van der Waals surface area contributed by atoms with Gasteiger partial charge in [-0.1, -0.05) is 6.07 Å². The second-order valence-corrected chi connectivity index (χ2v) is 3.66. The summed E-state index contributed by atoms with van der Waals surface area (Å²) in [5, 5.41) is 8.54. The molecular weight excluding hydrogens is 233 g/mol. The number of benzene rings is 1. The maximum absolute atomic E-state index is 12.4. The Hall–Kier alpha value is -1.23. The molecule has 0 aliphatic rings. The highest BCUT2D eigenvalue weighted by Crippen LogP contribution is 2.31. The molecule has 2 nitrogen and oxygen atoms in total. The van der Waals surface area contributed by atoms with Gasteiger partial charge in [0.1, 0.15) is 5.75 Å². The summed E-state index contributed by atoms with van der Waals surface area (Å²) >= 11 is 0. The highest BCUT2D eigenvalue weighted by molar-refractivity contribution is 5.30. The monoisotopic (exact) mass is 248 g/mol. The molecule has 0 saturated carbocycles. The van der Waals surface area contributed by atoms with Crippen LogP contribution < -0.4 is 4.74 Å². The van der Waals surface area contributed by atoms with Crippen molar-refractivity contribution in [2.45, 2.75) is 25.4 Å². The molecule has 0 bridgehead atoms. The van der Waals surface area contributed by atoms with Crippen molar-refractivity contribution >= 4 is 0 Å². The minimum Gasteiger partial charge on any atom is -0.494 e. The van der Waals surface area contributed by atoms with Gasteiger partial charge in [-0.3, -0.25) is 0 Å². The standard InChI is InChI=1S/C12H15F3O2/c13-12(14,15)10-5-4-6-11(9-10)17-8-3-1-2-7-16/h4-6,9,16H,1-3,7-8H2. The van der Waals surface area contributed by atoms with Gasteiger partial charge >= 0.3 is 6.18 Å². The summed E-state index contributed by atoms with van der Waals surface area (Å²) in [4.78, 5) is 0. The van der Waals surface area contributed by atoms with E-state index in [2.05, 4.69) is 0 Å². The zero-order valence-electron chi connectivity index (χ0n) is 9.33. The van der Waals surface area contributed by atoms with E-state index >= 15 is 0 Å². The number of aliphatic hydroxyl groups is 1. The Kier molecular flexibility index (Phi) is 5.28. The quantitative estimate of drug-likeness (QED) is 0.783. The van der Waals surface area contributed by atoms with Gasteiger partial charge in [-0.15, -0.1) is 0 Å². The summed E-state index contributed by atoms with van der Waals surface area (Å²) in [6.07, 6.45) is -2.13. The Balaban J connectivity index is 2.44. The number of halogens is 3. The molecular formula is C12H15F3O2. The van der Waals surface area contributed by atoms with Gasteiger partial charge in [-0.2, -0.15) is 13.2 Å². The summed E-state index contributed by atoms with van der Waals surface area (Å²) in [5.41, 5.74) is -0.703. The fourth-order valence-electron chi connectivity index (χ4n) is 1.34. The zero-order valence-corrected chi connectivity index (χ0v) is 9.33. The lowest BCUT2D eigenvalue weighted by atomic mass is 10.2. The maximum Gasteiger partial charge on any atom is 0.416 e. The number of aliphatic hydroxyl groups excluding tert-OH is 1. The third-order valence-corrected chi connectivity index (χ3v) is 2.23.